The maximum absolute atomic E-state index is 5.77. The van der Waals surface area contributed by atoms with Gasteiger partial charge >= 0.3 is 0 Å². The van der Waals surface area contributed by atoms with E-state index in [1.165, 1.54) is 5.56 Å². The van der Waals surface area contributed by atoms with Gasteiger partial charge in [0, 0.05) is 19.2 Å². The second-order valence-electron chi connectivity index (χ2n) is 5.23. The van der Waals surface area contributed by atoms with E-state index in [0.29, 0.717) is 5.92 Å². The molecule has 0 spiro atoms. The molecule has 0 bridgehead atoms. The predicted octanol–water partition coefficient (Wildman–Crippen LogP) is 2.64. The molecule has 0 saturated carbocycles. The summed E-state index contributed by atoms with van der Waals surface area (Å²) in [4.78, 5) is 0. The summed E-state index contributed by atoms with van der Waals surface area (Å²) in [5.74, 6) is 1.43. The average Bonchev–Trinajstić information content (AvgIpc) is 2.91. The number of aromatic nitrogens is 2. The van der Waals surface area contributed by atoms with Crippen molar-refractivity contribution < 1.29 is 4.74 Å². The van der Waals surface area contributed by atoms with Crippen LogP contribution in [0.5, 0.6) is 5.75 Å². The molecule has 0 amide bonds. The first-order chi connectivity index (χ1) is 9.79. The van der Waals surface area contributed by atoms with E-state index in [0.717, 1.165) is 31.0 Å². The molecule has 3 rings (SSSR count). The Hall–Kier alpha value is -1.81. The number of rotatable bonds is 4. The van der Waals surface area contributed by atoms with Gasteiger partial charge in [0.1, 0.15) is 5.75 Å². The minimum absolute atomic E-state index is 0.242. The maximum Gasteiger partial charge on any atom is 0.122 e. The topological polar surface area (TPSA) is 39.1 Å². The molecule has 2 atom stereocenters. The number of aryl methyl sites for hydroxylation is 1. The van der Waals surface area contributed by atoms with Crippen molar-refractivity contribution in [3.05, 3.63) is 47.8 Å². The minimum Gasteiger partial charge on any atom is -0.493 e. The van der Waals surface area contributed by atoms with Gasteiger partial charge in [0.15, 0.2) is 0 Å². The fraction of sp³-hybridized carbons (Fsp3) is 0.438. The third-order valence-electron chi connectivity index (χ3n) is 3.88. The van der Waals surface area contributed by atoms with Crippen molar-refractivity contribution in [3.63, 3.8) is 0 Å². The van der Waals surface area contributed by atoms with E-state index in [4.69, 9.17) is 4.74 Å². The van der Waals surface area contributed by atoms with Gasteiger partial charge in [0.25, 0.3) is 0 Å². The molecule has 0 aliphatic carbocycles. The van der Waals surface area contributed by atoms with E-state index in [9.17, 15) is 0 Å². The number of benzene rings is 1. The molecule has 1 aliphatic heterocycles. The van der Waals surface area contributed by atoms with Gasteiger partial charge in [0.05, 0.1) is 18.3 Å². The molecule has 0 saturated heterocycles. The quantitative estimate of drug-likeness (QED) is 0.929. The van der Waals surface area contributed by atoms with E-state index < -0.39 is 0 Å². The number of fused-ring (bicyclic) bond motifs is 1. The highest BCUT2D eigenvalue weighted by atomic mass is 16.5. The molecule has 4 nitrogen and oxygen atoms in total. The number of para-hydroxylation sites is 1. The van der Waals surface area contributed by atoms with Gasteiger partial charge in [-0.1, -0.05) is 25.1 Å². The van der Waals surface area contributed by atoms with Gasteiger partial charge in [-0.15, -0.1) is 0 Å². The normalized spacial score (nSPS) is 19.2. The summed E-state index contributed by atoms with van der Waals surface area (Å²) in [6, 6.07) is 10.7. The molecule has 4 heteroatoms. The zero-order valence-corrected chi connectivity index (χ0v) is 12.0. The van der Waals surface area contributed by atoms with Crippen LogP contribution in [0.15, 0.2) is 36.5 Å². The smallest absolute Gasteiger partial charge is 0.122 e. The summed E-state index contributed by atoms with van der Waals surface area (Å²) in [6.45, 7) is 3.85. The van der Waals surface area contributed by atoms with Crippen molar-refractivity contribution in [2.75, 3.05) is 13.2 Å². The Kier molecular flexibility index (Phi) is 3.74. The average molecular weight is 271 g/mol. The zero-order chi connectivity index (χ0) is 13.9. The van der Waals surface area contributed by atoms with Crippen LogP contribution in [0.3, 0.4) is 0 Å². The lowest BCUT2D eigenvalue weighted by Crippen LogP contribution is -2.30. The van der Waals surface area contributed by atoms with Gasteiger partial charge in [-0.05, 0) is 30.7 Å². The van der Waals surface area contributed by atoms with Crippen LogP contribution in [0, 0.1) is 0 Å². The molecule has 1 aromatic heterocycles. The van der Waals surface area contributed by atoms with Gasteiger partial charge in [0.2, 0.25) is 0 Å². The van der Waals surface area contributed by atoms with Gasteiger partial charge in [-0.2, -0.15) is 5.10 Å². The lowest BCUT2D eigenvalue weighted by atomic mass is 9.85. The van der Waals surface area contributed by atoms with Crippen molar-refractivity contribution in [3.8, 4) is 5.75 Å². The second-order valence-corrected chi connectivity index (χ2v) is 5.23. The molecule has 1 N–H and O–H groups in total. The zero-order valence-electron chi connectivity index (χ0n) is 12.0. The fourth-order valence-electron chi connectivity index (χ4n) is 2.99. The molecule has 1 aromatic carbocycles. The van der Waals surface area contributed by atoms with Crippen molar-refractivity contribution in [1.29, 1.82) is 0 Å². The van der Waals surface area contributed by atoms with E-state index in [1.54, 1.807) is 0 Å². The number of likely N-dealkylation sites (N-methyl/N-ethyl adjacent to an activating group) is 1. The van der Waals surface area contributed by atoms with Crippen LogP contribution in [0.2, 0.25) is 0 Å². The third kappa shape index (κ3) is 2.43. The summed E-state index contributed by atoms with van der Waals surface area (Å²) in [5, 5.41) is 8.18. The van der Waals surface area contributed by atoms with Crippen molar-refractivity contribution >= 4 is 0 Å². The van der Waals surface area contributed by atoms with Crippen LogP contribution < -0.4 is 10.1 Å². The Morgan fingerprint density at radius 2 is 2.25 bits per heavy atom. The fourth-order valence-corrected chi connectivity index (χ4v) is 2.99. The molecule has 1 aliphatic rings. The number of ether oxygens (including phenoxy) is 1. The number of hydrogen-bond donors (Lipinski definition) is 1. The SMILES string of the molecule is CCNC(c1ccn(C)n1)C1CCOc2ccccc21. The lowest BCUT2D eigenvalue weighted by Gasteiger charge is -2.32. The Labute approximate surface area is 119 Å². The molecule has 2 unspecified atom stereocenters. The van der Waals surface area contributed by atoms with Crippen LogP contribution in [0.1, 0.15) is 36.6 Å². The van der Waals surface area contributed by atoms with Crippen LogP contribution in [0.25, 0.3) is 0 Å². The van der Waals surface area contributed by atoms with Gasteiger partial charge in [-0.25, -0.2) is 0 Å². The summed E-state index contributed by atoms with van der Waals surface area (Å²) in [6.07, 6.45) is 3.02. The van der Waals surface area contributed by atoms with Crippen LogP contribution in [-0.2, 0) is 7.05 Å². The molecule has 0 radical (unpaired) electrons. The second kappa shape index (κ2) is 5.67. The molecule has 20 heavy (non-hydrogen) atoms. The summed E-state index contributed by atoms with van der Waals surface area (Å²) in [7, 11) is 1.96. The first kappa shape index (κ1) is 13.2. The standard InChI is InChI=1S/C16H21N3O/c1-3-17-16(14-8-10-19(2)18-14)13-9-11-20-15-7-5-4-6-12(13)15/h4-8,10,13,16-17H,3,9,11H2,1-2H3. The highest BCUT2D eigenvalue weighted by Crippen LogP contribution is 2.40. The van der Waals surface area contributed by atoms with Gasteiger partial charge in [-0.3, -0.25) is 4.68 Å². The van der Waals surface area contributed by atoms with E-state index in [-0.39, 0.29) is 6.04 Å². The number of nitrogens with one attached hydrogen (secondary N) is 1. The highest BCUT2D eigenvalue weighted by Gasteiger charge is 2.30. The highest BCUT2D eigenvalue weighted by molar-refractivity contribution is 5.39. The summed E-state index contributed by atoms with van der Waals surface area (Å²) >= 11 is 0. The monoisotopic (exact) mass is 271 g/mol. The molecule has 2 heterocycles. The molecular formula is C16H21N3O. The van der Waals surface area contributed by atoms with E-state index >= 15 is 0 Å². The van der Waals surface area contributed by atoms with Gasteiger partial charge < -0.3 is 10.1 Å². The van der Waals surface area contributed by atoms with E-state index in [2.05, 4.69) is 41.6 Å². The van der Waals surface area contributed by atoms with E-state index in [1.807, 2.05) is 24.0 Å². The molecular weight excluding hydrogens is 250 g/mol. The minimum atomic E-state index is 0.242. The molecule has 0 fully saturated rings. The summed E-state index contributed by atoms with van der Waals surface area (Å²) < 4.78 is 7.64. The van der Waals surface area contributed by atoms with Crippen molar-refractivity contribution in [2.45, 2.75) is 25.3 Å². The van der Waals surface area contributed by atoms with Crippen molar-refractivity contribution in [2.24, 2.45) is 7.05 Å². The first-order valence-electron chi connectivity index (χ1n) is 7.24. The number of hydrogen-bond acceptors (Lipinski definition) is 3. The number of nitrogens with zero attached hydrogens (tertiary/aromatic N) is 2. The third-order valence-corrected chi connectivity index (χ3v) is 3.88. The lowest BCUT2D eigenvalue weighted by molar-refractivity contribution is 0.245. The predicted molar refractivity (Wildman–Crippen MR) is 78.9 cm³/mol. The Morgan fingerprint density at radius 3 is 3.00 bits per heavy atom. The molecule has 2 aromatic rings. The van der Waals surface area contributed by atoms with Crippen LogP contribution in [0.4, 0.5) is 0 Å². The largest absolute Gasteiger partial charge is 0.493 e. The maximum atomic E-state index is 5.77. The molecule has 106 valence electrons. The van der Waals surface area contributed by atoms with Crippen molar-refractivity contribution in [1.82, 2.24) is 15.1 Å². The van der Waals surface area contributed by atoms with Crippen LogP contribution >= 0.6 is 0 Å². The Balaban J connectivity index is 1.96. The Bertz CT molecular complexity index is 579. The Morgan fingerprint density at radius 1 is 1.40 bits per heavy atom. The summed E-state index contributed by atoms with van der Waals surface area (Å²) in [5.41, 5.74) is 2.39. The van der Waals surface area contributed by atoms with Crippen LogP contribution in [-0.4, -0.2) is 22.9 Å². The first-order valence-corrected chi connectivity index (χ1v) is 7.24.